The van der Waals surface area contributed by atoms with Crippen molar-refractivity contribution in [3.63, 3.8) is 0 Å². The van der Waals surface area contributed by atoms with E-state index in [0.717, 1.165) is 15.6 Å². The third kappa shape index (κ3) is 4.05. The van der Waals surface area contributed by atoms with Crippen molar-refractivity contribution in [2.75, 3.05) is 6.26 Å². The molecular formula is C21H14F3N5O2S2. The SMILES string of the molecule is CSc1ncc(C#N)c(-c2cc3cc(C(F)(F)F)cnc3n2S(=O)(=O)c2ccc(C)cc2)n1. The quantitative estimate of drug-likeness (QED) is 0.304. The summed E-state index contributed by atoms with van der Waals surface area (Å²) < 4.78 is 67.9. The molecule has 0 saturated carbocycles. The Bertz CT molecular complexity index is 1520. The predicted octanol–water partition coefficient (Wildman–Crippen LogP) is 4.65. The maximum atomic E-state index is 13.6. The molecule has 0 aliphatic heterocycles. The molecule has 0 bridgehead atoms. The van der Waals surface area contributed by atoms with Gasteiger partial charge in [-0.15, -0.1) is 0 Å². The van der Waals surface area contributed by atoms with E-state index in [1.54, 1.807) is 25.3 Å². The number of thioether (sulfide) groups is 1. The Morgan fingerprint density at radius 1 is 1.09 bits per heavy atom. The number of alkyl halides is 3. The summed E-state index contributed by atoms with van der Waals surface area (Å²) in [6.45, 7) is 1.79. The summed E-state index contributed by atoms with van der Waals surface area (Å²) >= 11 is 1.17. The lowest BCUT2D eigenvalue weighted by molar-refractivity contribution is -0.137. The number of nitriles is 1. The van der Waals surface area contributed by atoms with Gasteiger partial charge in [-0.25, -0.2) is 27.3 Å². The smallest absolute Gasteiger partial charge is 0.237 e. The van der Waals surface area contributed by atoms with E-state index in [0.29, 0.717) is 6.20 Å². The first-order valence-corrected chi connectivity index (χ1v) is 11.9. The summed E-state index contributed by atoms with van der Waals surface area (Å²) in [6.07, 6.45) is -1.16. The van der Waals surface area contributed by atoms with Gasteiger partial charge < -0.3 is 0 Å². The van der Waals surface area contributed by atoms with Gasteiger partial charge in [0, 0.05) is 17.8 Å². The second-order valence-corrected chi connectivity index (χ2v) is 9.54. The molecule has 0 N–H and O–H groups in total. The number of rotatable bonds is 4. The molecule has 0 amide bonds. The lowest BCUT2D eigenvalue weighted by atomic mass is 10.2. The van der Waals surface area contributed by atoms with Gasteiger partial charge in [0.15, 0.2) is 10.8 Å². The fourth-order valence-corrected chi connectivity index (χ4v) is 5.00. The summed E-state index contributed by atoms with van der Waals surface area (Å²) in [5.41, 5.74) is -0.573. The van der Waals surface area contributed by atoms with E-state index in [1.165, 1.54) is 36.2 Å². The van der Waals surface area contributed by atoms with Crippen molar-refractivity contribution >= 4 is 32.8 Å². The monoisotopic (exact) mass is 489 g/mol. The normalized spacial score (nSPS) is 12.1. The highest BCUT2D eigenvalue weighted by atomic mass is 32.2. The Balaban J connectivity index is 2.10. The maximum absolute atomic E-state index is 13.6. The van der Waals surface area contributed by atoms with Crippen LogP contribution in [0.1, 0.15) is 16.7 Å². The van der Waals surface area contributed by atoms with E-state index < -0.39 is 21.8 Å². The molecule has 4 rings (SSSR count). The van der Waals surface area contributed by atoms with Crippen LogP contribution in [-0.4, -0.2) is 33.6 Å². The van der Waals surface area contributed by atoms with Crippen molar-refractivity contribution in [3.8, 4) is 17.5 Å². The van der Waals surface area contributed by atoms with Gasteiger partial charge in [0.2, 0.25) is 0 Å². The zero-order chi connectivity index (χ0) is 24.0. The number of hydrogen-bond donors (Lipinski definition) is 0. The first-order chi connectivity index (χ1) is 15.6. The van der Waals surface area contributed by atoms with Gasteiger partial charge in [-0.05, 0) is 37.4 Å². The summed E-state index contributed by atoms with van der Waals surface area (Å²) in [7, 11) is -4.31. The number of nitrogens with zero attached hydrogens (tertiary/aromatic N) is 5. The second kappa shape index (κ2) is 8.17. The molecule has 0 fully saturated rings. The van der Waals surface area contributed by atoms with E-state index in [2.05, 4.69) is 15.0 Å². The Hall–Kier alpha value is -3.43. The van der Waals surface area contributed by atoms with E-state index >= 15 is 0 Å². The van der Waals surface area contributed by atoms with Gasteiger partial charge in [0.25, 0.3) is 10.0 Å². The Labute approximate surface area is 191 Å². The number of hydrogen-bond acceptors (Lipinski definition) is 7. The Morgan fingerprint density at radius 3 is 2.39 bits per heavy atom. The molecular weight excluding hydrogens is 475 g/mol. The maximum Gasteiger partial charge on any atom is 0.417 e. The summed E-state index contributed by atoms with van der Waals surface area (Å²) in [4.78, 5) is 12.0. The average Bonchev–Trinajstić information content (AvgIpc) is 3.18. The molecule has 0 unspecified atom stereocenters. The molecule has 0 aliphatic rings. The largest absolute Gasteiger partial charge is 0.417 e. The van der Waals surface area contributed by atoms with Gasteiger partial charge in [-0.3, -0.25) is 0 Å². The summed E-state index contributed by atoms with van der Waals surface area (Å²) in [5, 5.41) is 9.75. The first kappa shape index (κ1) is 22.8. The van der Waals surface area contributed by atoms with Crippen molar-refractivity contribution < 1.29 is 21.6 Å². The fraction of sp³-hybridized carbons (Fsp3) is 0.143. The number of pyridine rings is 1. The van der Waals surface area contributed by atoms with Crippen LogP contribution in [0.2, 0.25) is 0 Å². The number of aryl methyl sites for hydroxylation is 1. The average molecular weight is 490 g/mol. The van der Waals surface area contributed by atoms with Crippen molar-refractivity contribution in [2.45, 2.75) is 23.2 Å². The number of aromatic nitrogens is 4. The minimum atomic E-state index is -4.67. The Kier molecular flexibility index (Phi) is 5.63. The van der Waals surface area contributed by atoms with Crippen LogP contribution < -0.4 is 0 Å². The molecule has 0 atom stereocenters. The minimum Gasteiger partial charge on any atom is -0.237 e. The van der Waals surface area contributed by atoms with Crippen LogP contribution in [0.5, 0.6) is 0 Å². The molecule has 0 saturated heterocycles. The van der Waals surface area contributed by atoms with Crippen LogP contribution in [-0.2, 0) is 16.2 Å². The zero-order valence-corrected chi connectivity index (χ0v) is 18.8. The fourth-order valence-electron chi connectivity index (χ4n) is 3.19. The highest BCUT2D eigenvalue weighted by Crippen LogP contribution is 2.36. The molecule has 4 aromatic rings. The molecule has 1 aromatic carbocycles. The van der Waals surface area contributed by atoms with Crippen LogP contribution in [0, 0.1) is 18.3 Å². The van der Waals surface area contributed by atoms with E-state index in [-0.39, 0.29) is 38.0 Å². The first-order valence-electron chi connectivity index (χ1n) is 9.28. The highest BCUT2D eigenvalue weighted by Gasteiger charge is 2.33. The van der Waals surface area contributed by atoms with Gasteiger partial charge in [-0.1, -0.05) is 29.5 Å². The van der Waals surface area contributed by atoms with E-state index in [9.17, 15) is 26.9 Å². The van der Waals surface area contributed by atoms with Crippen LogP contribution in [0.25, 0.3) is 22.4 Å². The summed E-state index contributed by atoms with van der Waals surface area (Å²) in [6, 6.07) is 9.94. The second-order valence-electron chi connectivity index (χ2n) is 6.98. The van der Waals surface area contributed by atoms with Crippen molar-refractivity contribution in [3.05, 3.63) is 65.5 Å². The van der Waals surface area contributed by atoms with Gasteiger partial charge in [0.05, 0.1) is 21.7 Å². The molecule has 0 aliphatic carbocycles. The third-order valence-electron chi connectivity index (χ3n) is 4.80. The topological polar surface area (TPSA) is 102 Å². The third-order valence-corrected chi connectivity index (χ3v) is 7.08. The standard InChI is InChI=1S/C21H14F3N5O2S2/c1-12-3-5-16(6-4-12)33(30,31)29-17(18-14(9-25)10-27-20(28-18)32-2)8-13-7-15(21(22,23)24)11-26-19(13)29/h3-8,10-11H,1-2H3. The number of benzene rings is 1. The molecule has 12 heteroatoms. The van der Waals surface area contributed by atoms with Crippen molar-refractivity contribution in [1.29, 1.82) is 5.26 Å². The molecule has 168 valence electrons. The molecule has 3 aromatic heterocycles. The summed E-state index contributed by atoms with van der Waals surface area (Å²) in [5.74, 6) is 0. The molecule has 0 radical (unpaired) electrons. The Morgan fingerprint density at radius 2 is 1.79 bits per heavy atom. The van der Waals surface area contributed by atoms with Crippen molar-refractivity contribution in [2.24, 2.45) is 0 Å². The van der Waals surface area contributed by atoms with Gasteiger partial charge in [0.1, 0.15) is 11.8 Å². The van der Waals surface area contributed by atoms with Crippen LogP contribution in [0.3, 0.4) is 0 Å². The number of halogens is 3. The van der Waals surface area contributed by atoms with Crippen LogP contribution in [0.15, 0.2) is 58.8 Å². The van der Waals surface area contributed by atoms with Crippen LogP contribution in [0.4, 0.5) is 13.2 Å². The molecule has 0 spiro atoms. The van der Waals surface area contributed by atoms with E-state index in [1.807, 2.05) is 6.07 Å². The zero-order valence-electron chi connectivity index (χ0n) is 17.1. The van der Waals surface area contributed by atoms with Crippen molar-refractivity contribution in [1.82, 2.24) is 18.9 Å². The highest BCUT2D eigenvalue weighted by molar-refractivity contribution is 7.98. The van der Waals surface area contributed by atoms with Crippen LogP contribution >= 0.6 is 11.8 Å². The van der Waals surface area contributed by atoms with Gasteiger partial charge in [-0.2, -0.15) is 18.4 Å². The molecule has 33 heavy (non-hydrogen) atoms. The predicted molar refractivity (Wildman–Crippen MR) is 116 cm³/mol. The number of fused-ring (bicyclic) bond motifs is 1. The lowest BCUT2D eigenvalue weighted by Crippen LogP contribution is -2.16. The van der Waals surface area contributed by atoms with E-state index in [4.69, 9.17) is 0 Å². The minimum absolute atomic E-state index is 0.0286. The van der Waals surface area contributed by atoms with Gasteiger partial charge >= 0.3 is 6.18 Å². The lowest BCUT2D eigenvalue weighted by Gasteiger charge is -2.13. The molecule has 3 heterocycles. The molecule has 7 nitrogen and oxygen atoms in total.